The van der Waals surface area contributed by atoms with Crippen LogP contribution in [-0.4, -0.2) is 77.7 Å². The molecule has 6 atom stereocenters. The summed E-state index contributed by atoms with van der Waals surface area (Å²) in [5.74, 6) is 3.59. The number of methoxy groups -OCH3 is 1. The van der Waals surface area contributed by atoms with Gasteiger partial charge in [-0.15, -0.1) is 6.42 Å². The fourth-order valence-electron chi connectivity index (χ4n) is 10.3. The fraction of sp³-hybridized carbons (Fsp3) is 0.525. The molecule has 4 aliphatic heterocycles. The minimum absolute atomic E-state index is 0.0101. The maximum absolute atomic E-state index is 17.5. The van der Waals surface area contributed by atoms with E-state index in [-0.39, 0.29) is 48.1 Å². The van der Waals surface area contributed by atoms with Crippen molar-refractivity contribution in [3.63, 3.8) is 0 Å². The normalized spacial score (nSPS) is 28.2. The van der Waals surface area contributed by atoms with Gasteiger partial charge in [-0.1, -0.05) is 25.3 Å². The van der Waals surface area contributed by atoms with Gasteiger partial charge in [-0.3, -0.25) is 4.90 Å². The minimum atomic E-state index is -0.906. The number of anilines is 1. The molecule has 1 aliphatic carbocycles. The molecule has 8 nitrogen and oxygen atoms in total. The average molecular weight is 698 g/mol. The van der Waals surface area contributed by atoms with Crippen LogP contribution >= 0.6 is 0 Å². The van der Waals surface area contributed by atoms with Crippen LogP contribution in [0.15, 0.2) is 24.3 Å². The summed E-state index contributed by atoms with van der Waals surface area (Å²) < 4.78 is 64.9. The molecule has 0 spiro atoms. The lowest BCUT2D eigenvalue weighted by molar-refractivity contribution is 0.0512. The first-order chi connectivity index (χ1) is 24.8. The minimum Gasteiger partial charge on any atom is -0.468 e. The number of benzene rings is 2. The quantitative estimate of drug-likeness (QED) is 0.141. The predicted molar refractivity (Wildman–Crippen MR) is 189 cm³/mol. The highest BCUT2D eigenvalue weighted by molar-refractivity contribution is 6.03. The Balaban J connectivity index is 1.27. The highest BCUT2D eigenvalue weighted by atomic mass is 19.1. The highest BCUT2D eigenvalue weighted by Gasteiger charge is 2.50. The summed E-state index contributed by atoms with van der Waals surface area (Å²) in [6.07, 6.45) is 12.2. The van der Waals surface area contributed by atoms with Crippen molar-refractivity contribution in [2.75, 3.05) is 45.0 Å². The standard InChI is InChI=1S/C40H42F3N5O3/c1-4-23-15-31-33-36(34(43)35(44-31)29-16-27(51-21-49-3)14-24-9-10-30(42)28(5-2)32(24)29)45-39(50-20-40-11-6-12-47(40)19-26(41)17-40)46-38(33)48-18-22-7-8-25(13-22)37(23)48/h2,9-10,14,16,22-23,25-26,37H,4,6-8,11-13,15,17-21H2,1,3H3/t22-,23+,25+,26+,37-,40-/m0/s1. The summed E-state index contributed by atoms with van der Waals surface area (Å²) in [5, 5.41) is 1.54. The summed E-state index contributed by atoms with van der Waals surface area (Å²) in [6.45, 7) is 4.47. The van der Waals surface area contributed by atoms with Crippen LogP contribution in [0.5, 0.6) is 11.8 Å². The molecule has 3 saturated heterocycles. The zero-order valence-corrected chi connectivity index (χ0v) is 29.1. The van der Waals surface area contributed by atoms with Crippen molar-refractivity contribution in [2.45, 2.75) is 76.0 Å². The van der Waals surface area contributed by atoms with E-state index in [0.717, 1.165) is 38.8 Å². The van der Waals surface area contributed by atoms with Crippen molar-refractivity contribution in [3.8, 4) is 35.4 Å². The van der Waals surface area contributed by atoms with Gasteiger partial charge >= 0.3 is 6.01 Å². The Bertz CT molecular complexity index is 2090. The van der Waals surface area contributed by atoms with E-state index in [4.69, 9.17) is 35.6 Å². The molecule has 4 aromatic rings. The Morgan fingerprint density at radius 1 is 1.08 bits per heavy atom. The third kappa shape index (κ3) is 5.23. The van der Waals surface area contributed by atoms with Gasteiger partial charge in [0.25, 0.3) is 0 Å². The molecule has 9 rings (SSSR count). The summed E-state index contributed by atoms with van der Waals surface area (Å²) in [5.41, 5.74) is 0.717. The maximum Gasteiger partial charge on any atom is 0.319 e. The molecule has 5 aliphatic rings. The van der Waals surface area contributed by atoms with Crippen molar-refractivity contribution in [1.82, 2.24) is 19.9 Å². The summed E-state index contributed by atoms with van der Waals surface area (Å²) in [7, 11) is 1.51. The number of ether oxygens (including phenoxy) is 3. The molecule has 0 radical (unpaired) electrons. The highest BCUT2D eigenvalue weighted by Crippen LogP contribution is 2.50. The van der Waals surface area contributed by atoms with Crippen LogP contribution in [0.25, 0.3) is 32.9 Å². The van der Waals surface area contributed by atoms with Crippen molar-refractivity contribution in [1.29, 1.82) is 0 Å². The van der Waals surface area contributed by atoms with Gasteiger partial charge in [-0.2, -0.15) is 9.97 Å². The molecule has 0 amide bonds. The molecule has 0 N–H and O–H groups in total. The number of hydrogen-bond acceptors (Lipinski definition) is 8. The van der Waals surface area contributed by atoms with Crippen LogP contribution in [-0.2, 0) is 11.2 Å². The van der Waals surface area contributed by atoms with Gasteiger partial charge in [-0.25, -0.2) is 18.2 Å². The molecular formula is C40H42F3N5O3. The number of aromatic nitrogens is 3. The van der Waals surface area contributed by atoms with Crippen LogP contribution in [0.4, 0.5) is 19.0 Å². The Hall–Kier alpha value is -4.14. The second-order valence-electron chi connectivity index (χ2n) is 15.3. The second-order valence-corrected chi connectivity index (χ2v) is 15.3. The Morgan fingerprint density at radius 2 is 1.96 bits per heavy atom. The van der Waals surface area contributed by atoms with E-state index in [1.165, 1.54) is 26.0 Å². The second kappa shape index (κ2) is 12.5. The Labute approximate surface area is 295 Å². The van der Waals surface area contributed by atoms with E-state index < -0.39 is 23.3 Å². The number of hydrogen-bond donors (Lipinski definition) is 0. The first kappa shape index (κ1) is 32.7. The average Bonchev–Trinajstić information content (AvgIpc) is 3.77. The van der Waals surface area contributed by atoms with Gasteiger partial charge in [0.2, 0.25) is 0 Å². The lowest BCUT2D eigenvalue weighted by Crippen LogP contribution is -2.50. The van der Waals surface area contributed by atoms with Gasteiger partial charge in [0.05, 0.1) is 22.2 Å². The maximum atomic E-state index is 17.5. The number of terminal acetylenes is 1. The number of pyridine rings is 1. The van der Waals surface area contributed by atoms with Crippen LogP contribution in [0, 0.1) is 41.7 Å². The predicted octanol–water partition coefficient (Wildman–Crippen LogP) is 7.23. The van der Waals surface area contributed by atoms with E-state index in [2.05, 4.69) is 22.6 Å². The number of rotatable bonds is 8. The number of piperidine rings is 1. The van der Waals surface area contributed by atoms with Crippen molar-refractivity contribution >= 4 is 27.5 Å². The third-order valence-corrected chi connectivity index (χ3v) is 12.4. The molecule has 4 fully saturated rings. The third-order valence-electron chi connectivity index (χ3n) is 12.4. The molecule has 2 aromatic heterocycles. The molecule has 11 heteroatoms. The molecule has 1 saturated carbocycles. The number of halogens is 3. The summed E-state index contributed by atoms with van der Waals surface area (Å²) in [6, 6.07) is 6.58. The number of fused-ring (bicyclic) bond motifs is 7. The summed E-state index contributed by atoms with van der Waals surface area (Å²) >= 11 is 0. The van der Waals surface area contributed by atoms with Crippen LogP contribution in [0.3, 0.4) is 0 Å². The van der Waals surface area contributed by atoms with E-state index in [1.54, 1.807) is 18.2 Å². The van der Waals surface area contributed by atoms with E-state index in [1.807, 2.05) is 0 Å². The lowest BCUT2D eigenvalue weighted by Gasteiger charge is -2.44. The van der Waals surface area contributed by atoms with Crippen LogP contribution < -0.4 is 14.4 Å². The van der Waals surface area contributed by atoms with Gasteiger partial charge < -0.3 is 19.1 Å². The Kier molecular flexibility index (Phi) is 8.04. The molecule has 6 heterocycles. The SMILES string of the molecule is C#Cc1c(F)ccc2cc(OCOC)cc(-c3nc4c5c(nc(OC[C@@]67CCCN6C[C@H](F)C7)nc5c3F)N3C[C@H]5CC[C@H](C5)[C@@H]3[C@H](CC)C4)c12. The first-order valence-corrected chi connectivity index (χ1v) is 18.3. The smallest absolute Gasteiger partial charge is 0.319 e. The van der Waals surface area contributed by atoms with Gasteiger partial charge in [0, 0.05) is 43.6 Å². The Morgan fingerprint density at radius 3 is 2.78 bits per heavy atom. The molecular weight excluding hydrogens is 655 g/mol. The number of nitrogens with zero attached hydrogens (tertiary/aromatic N) is 5. The molecule has 266 valence electrons. The molecule has 2 bridgehead atoms. The molecule has 2 aromatic carbocycles. The van der Waals surface area contributed by atoms with Crippen LogP contribution in [0.1, 0.15) is 63.1 Å². The summed E-state index contributed by atoms with van der Waals surface area (Å²) in [4.78, 5) is 19.6. The lowest BCUT2D eigenvalue weighted by atomic mass is 9.80. The van der Waals surface area contributed by atoms with E-state index in [9.17, 15) is 4.39 Å². The number of alkyl halides is 1. The monoisotopic (exact) mass is 697 g/mol. The van der Waals surface area contributed by atoms with Gasteiger partial charge in [0.15, 0.2) is 12.6 Å². The van der Waals surface area contributed by atoms with Gasteiger partial charge in [0.1, 0.15) is 41.4 Å². The molecule has 51 heavy (non-hydrogen) atoms. The zero-order chi connectivity index (χ0) is 35.0. The molecule has 0 unspecified atom stereocenters. The fourth-order valence-corrected chi connectivity index (χ4v) is 10.3. The first-order valence-electron chi connectivity index (χ1n) is 18.3. The van der Waals surface area contributed by atoms with E-state index in [0.29, 0.717) is 70.2 Å². The van der Waals surface area contributed by atoms with Crippen molar-refractivity contribution in [3.05, 3.63) is 47.2 Å². The van der Waals surface area contributed by atoms with Crippen molar-refractivity contribution < 1.29 is 27.4 Å². The van der Waals surface area contributed by atoms with Crippen LogP contribution in [0.2, 0.25) is 0 Å². The zero-order valence-electron chi connectivity index (χ0n) is 29.1. The van der Waals surface area contributed by atoms with Gasteiger partial charge in [-0.05, 0) is 86.4 Å². The topological polar surface area (TPSA) is 72.8 Å². The largest absolute Gasteiger partial charge is 0.468 e. The van der Waals surface area contributed by atoms with Crippen molar-refractivity contribution in [2.24, 2.45) is 17.8 Å². The van der Waals surface area contributed by atoms with E-state index >= 15 is 8.78 Å².